The molecule has 0 radical (unpaired) electrons. The van der Waals surface area contributed by atoms with Gasteiger partial charge in [0, 0.05) is 22.7 Å². The number of benzene rings is 2. The fraction of sp³-hybridized carbons (Fsp3) is 0.0714. The molecule has 0 bridgehead atoms. The first-order valence-corrected chi connectivity index (χ1v) is 6.50. The summed E-state index contributed by atoms with van der Waals surface area (Å²) in [5.74, 6) is -1.54. The summed E-state index contributed by atoms with van der Waals surface area (Å²) in [7, 11) is 0. The minimum absolute atomic E-state index is 0.00118. The molecule has 0 atom stereocenters. The molecule has 110 valence electrons. The molecule has 0 unspecified atom stereocenters. The van der Waals surface area contributed by atoms with E-state index in [0.29, 0.717) is 10.6 Å². The maximum atomic E-state index is 10.8. The van der Waals surface area contributed by atoms with Gasteiger partial charge in [-0.3, -0.25) is 0 Å². The molecule has 0 fully saturated rings. The van der Waals surface area contributed by atoms with Gasteiger partial charge in [-0.1, -0.05) is 23.2 Å². The summed E-state index contributed by atoms with van der Waals surface area (Å²) in [5.41, 5.74) is 0.240. The first kappa shape index (κ1) is 15.3. The molecule has 0 spiro atoms. The number of hydrogen-bond donors (Lipinski definition) is 3. The number of phenols is 2. The number of phenolic OH excluding ortho intramolecular Hbond substituents is 1. The lowest BCUT2D eigenvalue weighted by Gasteiger charge is -2.10. The summed E-state index contributed by atoms with van der Waals surface area (Å²) in [4.78, 5) is 10.8. The summed E-state index contributed by atoms with van der Waals surface area (Å²) < 4.78 is 5.39. The fourth-order valence-corrected chi connectivity index (χ4v) is 2.08. The zero-order chi connectivity index (χ0) is 15.6. The normalized spacial score (nSPS) is 10.4. The first-order valence-electron chi connectivity index (χ1n) is 5.74. The minimum Gasteiger partial charge on any atom is -0.507 e. The lowest BCUT2D eigenvalue weighted by Crippen LogP contribution is -1.99. The Balaban J connectivity index is 2.17. The zero-order valence-electron chi connectivity index (χ0n) is 10.5. The minimum atomic E-state index is -1.23. The second kappa shape index (κ2) is 6.11. The van der Waals surface area contributed by atoms with Crippen molar-refractivity contribution in [2.24, 2.45) is 0 Å². The molecule has 7 heteroatoms. The maximum absolute atomic E-state index is 10.8. The maximum Gasteiger partial charge on any atom is 0.339 e. The monoisotopic (exact) mass is 328 g/mol. The smallest absolute Gasteiger partial charge is 0.339 e. The van der Waals surface area contributed by atoms with Crippen LogP contribution in [-0.4, -0.2) is 21.3 Å². The molecule has 0 aromatic heterocycles. The Morgan fingerprint density at radius 2 is 1.81 bits per heavy atom. The molecular formula is C14H10Cl2O5. The van der Waals surface area contributed by atoms with Gasteiger partial charge in [0.05, 0.1) is 5.02 Å². The topological polar surface area (TPSA) is 87.0 Å². The molecule has 5 nitrogen and oxygen atoms in total. The van der Waals surface area contributed by atoms with E-state index in [2.05, 4.69) is 0 Å². The van der Waals surface area contributed by atoms with Crippen LogP contribution in [0.4, 0.5) is 0 Å². The Morgan fingerprint density at radius 3 is 2.43 bits per heavy atom. The highest BCUT2D eigenvalue weighted by Gasteiger charge is 2.12. The highest BCUT2D eigenvalue weighted by Crippen LogP contribution is 2.32. The van der Waals surface area contributed by atoms with Crippen molar-refractivity contribution in [3.8, 4) is 17.2 Å². The Kier molecular flexibility index (Phi) is 4.45. The van der Waals surface area contributed by atoms with Crippen molar-refractivity contribution in [2.75, 3.05) is 0 Å². The molecule has 3 N–H and O–H groups in total. The van der Waals surface area contributed by atoms with E-state index in [1.165, 1.54) is 30.3 Å². The Hall–Kier alpha value is -2.11. The van der Waals surface area contributed by atoms with Crippen molar-refractivity contribution >= 4 is 29.2 Å². The average molecular weight is 329 g/mol. The van der Waals surface area contributed by atoms with Crippen LogP contribution < -0.4 is 4.74 Å². The highest BCUT2D eigenvalue weighted by molar-refractivity contribution is 6.34. The Morgan fingerprint density at radius 1 is 1.10 bits per heavy atom. The number of aromatic carboxylic acids is 1. The van der Waals surface area contributed by atoms with Crippen molar-refractivity contribution < 1.29 is 24.9 Å². The van der Waals surface area contributed by atoms with Gasteiger partial charge in [0.25, 0.3) is 0 Å². The van der Waals surface area contributed by atoms with E-state index >= 15 is 0 Å². The van der Waals surface area contributed by atoms with Gasteiger partial charge in [0.2, 0.25) is 0 Å². The molecule has 0 aliphatic heterocycles. The van der Waals surface area contributed by atoms with Crippen LogP contribution in [0.25, 0.3) is 0 Å². The molecule has 0 saturated carbocycles. The molecule has 0 amide bonds. The number of carboxylic acids is 1. The third-order valence-corrected chi connectivity index (χ3v) is 3.34. The first-order chi connectivity index (χ1) is 9.88. The average Bonchev–Trinajstić information content (AvgIpc) is 2.40. The highest BCUT2D eigenvalue weighted by atomic mass is 35.5. The van der Waals surface area contributed by atoms with E-state index in [1.807, 2.05) is 0 Å². The van der Waals surface area contributed by atoms with Crippen LogP contribution in [0.3, 0.4) is 0 Å². The molecule has 2 rings (SSSR count). The van der Waals surface area contributed by atoms with Gasteiger partial charge < -0.3 is 20.1 Å². The number of halogens is 2. The molecule has 0 saturated heterocycles. The van der Waals surface area contributed by atoms with Crippen LogP contribution >= 0.6 is 23.2 Å². The number of carboxylic acid groups (broad SMARTS) is 1. The zero-order valence-corrected chi connectivity index (χ0v) is 12.0. The predicted octanol–water partition coefficient (Wildman–Crippen LogP) is 3.68. The van der Waals surface area contributed by atoms with Crippen molar-refractivity contribution in [1.82, 2.24) is 0 Å². The van der Waals surface area contributed by atoms with Gasteiger partial charge in [0.1, 0.15) is 29.4 Å². The predicted molar refractivity (Wildman–Crippen MR) is 77.5 cm³/mol. The van der Waals surface area contributed by atoms with Gasteiger partial charge in [-0.05, 0) is 18.2 Å². The fourth-order valence-electron chi connectivity index (χ4n) is 1.68. The van der Waals surface area contributed by atoms with Crippen molar-refractivity contribution in [1.29, 1.82) is 0 Å². The lowest BCUT2D eigenvalue weighted by molar-refractivity contribution is 0.0693. The molecule has 2 aromatic carbocycles. The molecule has 0 aliphatic carbocycles. The standard InChI is InChI=1S/C14H10Cl2O5/c15-8-3-7(13(16)12(18)4-8)6-21-9-1-2-10(14(19)20)11(17)5-9/h1-5,17-18H,6H2,(H,19,20). The van der Waals surface area contributed by atoms with E-state index in [0.717, 1.165) is 0 Å². The Bertz CT molecular complexity index is 700. The Labute approximate surface area is 129 Å². The van der Waals surface area contributed by atoms with E-state index in [4.69, 9.17) is 33.0 Å². The second-order valence-electron chi connectivity index (χ2n) is 4.17. The van der Waals surface area contributed by atoms with E-state index in [1.54, 1.807) is 0 Å². The van der Waals surface area contributed by atoms with Crippen LogP contribution in [-0.2, 0) is 6.61 Å². The van der Waals surface area contributed by atoms with Gasteiger partial charge in [-0.15, -0.1) is 0 Å². The quantitative estimate of drug-likeness (QED) is 0.796. The summed E-state index contributed by atoms with van der Waals surface area (Å²) in [6.07, 6.45) is 0. The molecule has 21 heavy (non-hydrogen) atoms. The van der Waals surface area contributed by atoms with Crippen molar-refractivity contribution in [3.05, 3.63) is 51.5 Å². The van der Waals surface area contributed by atoms with Gasteiger partial charge in [-0.2, -0.15) is 0 Å². The molecule has 2 aromatic rings. The number of carbonyl (C=O) groups is 1. The van der Waals surface area contributed by atoms with Crippen LogP contribution in [0.15, 0.2) is 30.3 Å². The van der Waals surface area contributed by atoms with Crippen molar-refractivity contribution in [3.63, 3.8) is 0 Å². The van der Waals surface area contributed by atoms with Crippen LogP contribution in [0, 0.1) is 0 Å². The summed E-state index contributed by atoms with van der Waals surface area (Å²) in [5, 5.41) is 28.3. The molecule has 0 heterocycles. The molecular weight excluding hydrogens is 319 g/mol. The number of hydrogen-bond acceptors (Lipinski definition) is 4. The van der Waals surface area contributed by atoms with E-state index in [-0.39, 0.29) is 28.7 Å². The number of aromatic hydroxyl groups is 2. The van der Waals surface area contributed by atoms with Crippen LogP contribution in [0.2, 0.25) is 10.0 Å². The second-order valence-corrected chi connectivity index (χ2v) is 4.99. The third-order valence-electron chi connectivity index (χ3n) is 2.69. The summed E-state index contributed by atoms with van der Waals surface area (Å²) in [6, 6.07) is 6.66. The molecule has 0 aliphatic rings. The number of rotatable bonds is 4. The SMILES string of the molecule is O=C(O)c1ccc(OCc2cc(Cl)cc(O)c2Cl)cc1O. The van der Waals surface area contributed by atoms with Gasteiger partial charge in [0.15, 0.2) is 0 Å². The largest absolute Gasteiger partial charge is 0.507 e. The van der Waals surface area contributed by atoms with Crippen molar-refractivity contribution in [2.45, 2.75) is 6.61 Å². The van der Waals surface area contributed by atoms with E-state index in [9.17, 15) is 15.0 Å². The van der Waals surface area contributed by atoms with Crippen LogP contribution in [0.5, 0.6) is 17.2 Å². The van der Waals surface area contributed by atoms with Gasteiger partial charge >= 0.3 is 5.97 Å². The lowest BCUT2D eigenvalue weighted by atomic mass is 10.2. The van der Waals surface area contributed by atoms with Gasteiger partial charge in [-0.25, -0.2) is 4.79 Å². The van der Waals surface area contributed by atoms with Crippen LogP contribution in [0.1, 0.15) is 15.9 Å². The summed E-state index contributed by atoms with van der Waals surface area (Å²) >= 11 is 11.7. The third kappa shape index (κ3) is 3.51. The van der Waals surface area contributed by atoms with E-state index < -0.39 is 11.7 Å². The number of ether oxygens (including phenoxy) is 1. The summed E-state index contributed by atoms with van der Waals surface area (Å²) in [6.45, 7) is -0.00118.